The van der Waals surface area contributed by atoms with Gasteiger partial charge in [0.05, 0.1) is 5.25 Å². The highest BCUT2D eigenvalue weighted by Crippen LogP contribution is 2.19. The summed E-state index contributed by atoms with van der Waals surface area (Å²) in [4.78, 5) is 0. The number of sulfonamides is 1. The Morgan fingerprint density at radius 1 is 1.21 bits per heavy atom. The van der Waals surface area contributed by atoms with Gasteiger partial charge in [-0.2, -0.15) is 0 Å². The maximum absolute atomic E-state index is 11.7. The van der Waals surface area contributed by atoms with Gasteiger partial charge in [0.2, 0.25) is 10.0 Å². The first-order valence-electron chi connectivity index (χ1n) is 5.86. The molecular weight excluding hydrogens is 264 g/mol. The topological polar surface area (TPSA) is 76.9 Å². The SMILES string of the molecule is CC(C)S(=O)(=O)Nc1ccc(-c2nncn2C)cc1. The van der Waals surface area contributed by atoms with Crippen LogP contribution in [0.25, 0.3) is 11.4 Å². The van der Waals surface area contributed by atoms with Gasteiger partial charge in [-0.1, -0.05) is 0 Å². The molecule has 0 amide bonds. The summed E-state index contributed by atoms with van der Waals surface area (Å²) in [6.07, 6.45) is 1.62. The summed E-state index contributed by atoms with van der Waals surface area (Å²) < 4.78 is 27.8. The third-order valence-electron chi connectivity index (χ3n) is 2.74. The molecule has 0 saturated heterocycles. The fourth-order valence-electron chi connectivity index (χ4n) is 1.51. The van der Waals surface area contributed by atoms with E-state index >= 15 is 0 Å². The van der Waals surface area contributed by atoms with E-state index in [0.29, 0.717) is 5.69 Å². The lowest BCUT2D eigenvalue weighted by molar-refractivity contribution is 0.593. The lowest BCUT2D eigenvalue weighted by atomic mass is 10.2. The molecule has 0 aliphatic heterocycles. The monoisotopic (exact) mass is 280 g/mol. The lowest BCUT2D eigenvalue weighted by Gasteiger charge is -2.11. The van der Waals surface area contributed by atoms with Crippen molar-refractivity contribution in [2.75, 3.05) is 4.72 Å². The summed E-state index contributed by atoms with van der Waals surface area (Å²) in [5, 5.41) is 7.33. The standard InChI is InChI=1S/C12H16N4O2S/c1-9(2)19(17,18)15-11-6-4-10(5-7-11)12-14-13-8-16(12)3/h4-9,15H,1-3H3. The fourth-order valence-corrected chi connectivity index (χ4v) is 2.21. The number of aryl methyl sites for hydroxylation is 1. The number of hydrogen-bond acceptors (Lipinski definition) is 4. The second-order valence-electron chi connectivity index (χ2n) is 4.54. The predicted octanol–water partition coefficient (Wildman–Crippen LogP) is 1.63. The van der Waals surface area contributed by atoms with Crippen molar-refractivity contribution < 1.29 is 8.42 Å². The molecule has 0 saturated carbocycles. The van der Waals surface area contributed by atoms with Gasteiger partial charge in [0.1, 0.15) is 6.33 Å². The maximum atomic E-state index is 11.7. The van der Waals surface area contributed by atoms with Crippen molar-refractivity contribution in [1.82, 2.24) is 14.8 Å². The molecule has 0 radical (unpaired) electrons. The van der Waals surface area contributed by atoms with E-state index in [1.54, 1.807) is 36.9 Å². The van der Waals surface area contributed by atoms with Crippen molar-refractivity contribution in [2.24, 2.45) is 7.05 Å². The lowest BCUT2D eigenvalue weighted by Crippen LogP contribution is -2.22. The molecule has 0 unspecified atom stereocenters. The van der Waals surface area contributed by atoms with Crippen molar-refractivity contribution in [2.45, 2.75) is 19.1 Å². The summed E-state index contributed by atoms with van der Waals surface area (Å²) in [5.74, 6) is 0.735. The zero-order valence-electron chi connectivity index (χ0n) is 11.0. The number of rotatable bonds is 4. The van der Waals surface area contributed by atoms with Crippen molar-refractivity contribution in [1.29, 1.82) is 0 Å². The van der Waals surface area contributed by atoms with E-state index in [4.69, 9.17) is 0 Å². The molecule has 19 heavy (non-hydrogen) atoms. The zero-order valence-corrected chi connectivity index (χ0v) is 11.8. The zero-order chi connectivity index (χ0) is 14.0. The van der Waals surface area contributed by atoms with Crippen molar-refractivity contribution in [3.8, 4) is 11.4 Å². The van der Waals surface area contributed by atoms with Crippen LogP contribution >= 0.6 is 0 Å². The minimum atomic E-state index is -3.31. The number of nitrogens with one attached hydrogen (secondary N) is 1. The van der Waals surface area contributed by atoms with E-state index in [-0.39, 0.29) is 0 Å². The molecule has 2 rings (SSSR count). The molecule has 1 N–H and O–H groups in total. The van der Waals surface area contributed by atoms with Crippen molar-refractivity contribution >= 4 is 15.7 Å². The Labute approximate surface area is 112 Å². The molecular formula is C12H16N4O2S. The molecule has 2 aromatic rings. The Hall–Kier alpha value is -1.89. The Balaban J connectivity index is 2.23. The van der Waals surface area contributed by atoms with Crippen LogP contribution in [0, 0.1) is 0 Å². The minimum absolute atomic E-state index is 0.467. The van der Waals surface area contributed by atoms with Crippen LogP contribution in [0.2, 0.25) is 0 Å². The van der Waals surface area contributed by atoms with Crippen LogP contribution in [-0.4, -0.2) is 28.4 Å². The minimum Gasteiger partial charge on any atom is -0.317 e. The first kappa shape index (κ1) is 13.5. The second-order valence-corrected chi connectivity index (χ2v) is 6.78. The van der Waals surface area contributed by atoms with E-state index in [9.17, 15) is 8.42 Å². The Bertz CT molecular complexity index is 659. The molecule has 1 heterocycles. The molecule has 1 aromatic heterocycles. The largest absolute Gasteiger partial charge is 0.317 e. The number of aromatic nitrogens is 3. The number of benzene rings is 1. The van der Waals surface area contributed by atoms with Crippen LogP contribution in [0.1, 0.15) is 13.8 Å². The highest BCUT2D eigenvalue weighted by atomic mass is 32.2. The molecule has 0 spiro atoms. The summed E-state index contributed by atoms with van der Waals surface area (Å²) in [6, 6.07) is 7.04. The van der Waals surface area contributed by atoms with Gasteiger partial charge >= 0.3 is 0 Å². The number of hydrogen-bond donors (Lipinski definition) is 1. The molecule has 7 heteroatoms. The molecule has 1 aromatic carbocycles. The molecule has 0 atom stereocenters. The Kier molecular flexibility index (Phi) is 3.57. The van der Waals surface area contributed by atoms with Crippen LogP contribution in [0.5, 0.6) is 0 Å². The third kappa shape index (κ3) is 2.93. The summed E-state index contributed by atoms with van der Waals surface area (Å²) >= 11 is 0. The summed E-state index contributed by atoms with van der Waals surface area (Å²) in [6.45, 7) is 3.27. The van der Waals surface area contributed by atoms with Crippen LogP contribution in [0.3, 0.4) is 0 Å². The quantitative estimate of drug-likeness (QED) is 0.923. The van der Waals surface area contributed by atoms with Crippen molar-refractivity contribution in [3.05, 3.63) is 30.6 Å². The van der Waals surface area contributed by atoms with E-state index in [0.717, 1.165) is 11.4 Å². The third-order valence-corrected chi connectivity index (χ3v) is 4.50. The van der Waals surface area contributed by atoms with Gasteiger partial charge in [-0.3, -0.25) is 4.72 Å². The van der Waals surface area contributed by atoms with E-state index in [2.05, 4.69) is 14.9 Å². The van der Waals surface area contributed by atoms with Crippen LogP contribution < -0.4 is 4.72 Å². The molecule has 0 bridgehead atoms. The van der Waals surface area contributed by atoms with Gasteiger partial charge in [-0.15, -0.1) is 10.2 Å². The Morgan fingerprint density at radius 3 is 2.32 bits per heavy atom. The average molecular weight is 280 g/mol. The Morgan fingerprint density at radius 2 is 1.84 bits per heavy atom. The maximum Gasteiger partial charge on any atom is 0.235 e. The van der Waals surface area contributed by atoms with Gasteiger partial charge in [0.15, 0.2) is 5.82 Å². The predicted molar refractivity (Wildman–Crippen MR) is 74.1 cm³/mol. The number of nitrogens with zero attached hydrogens (tertiary/aromatic N) is 3. The smallest absolute Gasteiger partial charge is 0.235 e. The van der Waals surface area contributed by atoms with Gasteiger partial charge in [0.25, 0.3) is 0 Å². The highest BCUT2D eigenvalue weighted by molar-refractivity contribution is 7.93. The van der Waals surface area contributed by atoms with Crippen LogP contribution in [0.4, 0.5) is 5.69 Å². The molecule has 0 fully saturated rings. The van der Waals surface area contributed by atoms with E-state index < -0.39 is 15.3 Å². The first-order chi connectivity index (χ1) is 8.90. The summed E-state index contributed by atoms with van der Waals surface area (Å²) in [7, 11) is -1.46. The van der Waals surface area contributed by atoms with Gasteiger partial charge in [0, 0.05) is 18.3 Å². The highest BCUT2D eigenvalue weighted by Gasteiger charge is 2.15. The van der Waals surface area contributed by atoms with E-state index in [1.165, 1.54) is 0 Å². The van der Waals surface area contributed by atoms with Crippen LogP contribution in [-0.2, 0) is 17.1 Å². The van der Waals surface area contributed by atoms with Crippen LogP contribution in [0.15, 0.2) is 30.6 Å². The van der Waals surface area contributed by atoms with Gasteiger partial charge in [-0.05, 0) is 38.1 Å². The second kappa shape index (κ2) is 5.00. The normalized spacial score (nSPS) is 11.8. The molecule has 0 aliphatic carbocycles. The first-order valence-corrected chi connectivity index (χ1v) is 7.41. The molecule has 0 aliphatic rings. The van der Waals surface area contributed by atoms with Crippen molar-refractivity contribution in [3.63, 3.8) is 0 Å². The van der Waals surface area contributed by atoms with Gasteiger partial charge < -0.3 is 4.57 Å². The fraction of sp³-hybridized carbons (Fsp3) is 0.333. The summed E-state index contributed by atoms with van der Waals surface area (Å²) in [5.41, 5.74) is 1.42. The van der Waals surface area contributed by atoms with Gasteiger partial charge in [-0.25, -0.2) is 8.42 Å². The number of anilines is 1. The van der Waals surface area contributed by atoms with E-state index in [1.807, 2.05) is 19.2 Å². The molecule has 102 valence electrons. The average Bonchev–Trinajstić information content (AvgIpc) is 2.76. The molecule has 6 nitrogen and oxygen atoms in total.